The number of urea groups is 1. The number of aromatic nitrogens is 1. The molecular formula is C29H32N4O2S. The van der Waals surface area contributed by atoms with Crippen LogP contribution in [0.25, 0.3) is 10.2 Å². The van der Waals surface area contributed by atoms with Crippen LogP contribution in [-0.2, 0) is 13.0 Å². The lowest BCUT2D eigenvalue weighted by Crippen LogP contribution is -2.56. The number of aryl methyl sites for hydroxylation is 3. The number of nitrogens with one attached hydrogen (secondary N) is 1. The van der Waals surface area contributed by atoms with Gasteiger partial charge in [-0.3, -0.25) is 4.79 Å². The Hall–Kier alpha value is -3.58. The van der Waals surface area contributed by atoms with Crippen molar-refractivity contribution in [2.24, 2.45) is 0 Å². The van der Waals surface area contributed by atoms with Crippen molar-refractivity contribution in [3.05, 3.63) is 88.9 Å². The Morgan fingerprint density at radius 1 is 1.03 bits per heavy atom. The molecule has 0 saturated carbocycles. The van der Waals surface area contributed by atoms with Gasteiger partial charge in [-0.25, -0.2) is 4.79 Å². The Morgan fingerprint density at radius 2 is 1.81 bits per heavy atom. The third kappa shape index (κ3) is 5.16. The van der Waals surface area contributed by atoms with Crippen LogP contribution in [0.15, 0.2) is 72.1 Å². The third-order valence-corrected chi connectivity index (χ3v) is 7.84. The van der Waals surface area contributed by atoms with E-state index in [4.69, 9.17) is 0 Å². The summed E-state index contributed by atoms with van der Waals surface area (Å²) in [6, 6.07) is 22.2. The minimum Gasteiger partial charge on any atom is -0.334 e. The highest BCUT2D eigenvalue weighted by Crippen LogP contribution is 2.27. The second kappa shape index (κ2) is 10.6. The first kappa shape index (κ1) is 24.1. The first-order chi connectivity index (χ1) is 17.5. The molecule has 4 aromatic rings. The fraction of sp³-hybridized carbons (Fsp3) is 0.310. The Balaban J connectivity index is 1.25. The van der Waals surface area contributed by atoms with Crippen molar-refractivity contribution in [1.82, 2.24) is 14.4 Å². The van der Waals surface area contributed by atoms with Crippen LogP contribution in [0.1, 0.15) is 35.0 Å². The molecule has 1 saturated heterocycles. The lowest BCUT2D eigenvalue weighted by atomic mass is 10.1. The maximum atomic E-state index is 13.7. The molecule has 2 aromatic carbocycles. The molecule has 36 heavy (non-hydrogen) atoms. The average Bonchev–Trinajstić information content (AvgIpc) is 3.48. The van der Waals surface area contributed by atoms with E-state index in [-0.39, 0.29) is 18.0 Å². The summed E-state index contributed by atoms with van der Waals surface area (Å²) in [4.78, 5) is 31.4. The Bertz CT molecular complexity index is 1340. The quantitative estimate of drug-likeness (QED) is 0.352. The van der Waals surface area contributed by atoms with Crippen molar-refractivity contribution in [2.45, 2.75) is 39.3 Å². The van der Waals surface area contributed by atoms with Gasteiger partial charge in [0.2, 0.25) is 0 Å². The van der Waals surface area contributed by atoms with E-state index in [1.165, 1.54) is 5.56 Å². The lowest BCUT2D eigenvalue weighted by molar-refractivity contribution is 0.0582. The van der Waals surface area contributed by atoms with Crippen LogP contribution in [-0.4, -0.2) is 52.0 Å². The highest BCUT2D eigenvalue weighted by atomic mass is 32.1. The number of carbonyl (C=O) groups is 2. The van der Waals surface area contributed by atoms with Gasteiger partial charge in [-0.2, -0.15) is 0 Å². The van der Waals surface area contributed by atoms with Gasteiger partial charge in [0.1, 0.15) is 10.5 Å². The summed E-state index contributed by atoms with van der Waals surface area (Å²) < 4.78 is 2.19. The van der Waals surface area contributed by atoms with Gasteiger partial charge in [-0.15, -0.1) is 11.3 Å². The van der Waals surface area contributed by atoms with E-state index in [9.17, 15) is 9.59 Å². The number of hydrogen-bond donors (Lipinski definition) is 1. The predicted octanol–water partition coefficient (Wildman–Crippen LogP) is 6.02. The minimum atomic E-state index is -0.122. The summed E-state index contributed by atoms with van der Waals surface area (Å²) in [6.07, 6.45) is 1.95. The van der Waals surface area contributed by atoms with Gasteiger partial charge >= 0.3 is 6.03 Å². The van der Waals surface area contributed by atoms with Crippen LogP contribution >= 0.6 is 11.3 Å². The number of nitrogens with zero attached hydrogens (tertiary/aromatic N) is 3. The van der Waals surface area contributed by atoms with E-state index in [2.05, 4.69) is 45.6 Å². The van der Waals surface area contributed by atoms with E-state index in [0.717, 1.165) is 46.5 Å². The van der Waals surface area contributed by atoms with Gasteiger partial charge < -0.3 is 19.7 Å². The van der Waals surface area contributed by atoms with Gasteiger partial charge in [0.25, 0.3) is 5.91 Å². The molecule has 5 rings (SSSR count). The number of carbonyl (C=O) groups excluding carboxylic acids is 2. The number of thiophene rings is 1. The van der Waals surface area contributed by atoms with E-state index in [0.29, 0.717) is 19.6 Å². The van der Waals surface area contributed by atoms with Crippen molar-refractivity contribution in [3.63, 3.8) is 0 Å². The second-order valence-corrected chi connectivity index (χ2v) is 10.4. The maximum Gasteiger partial charge on any atom is 0.322 e. The molecule has 3 heterocycles. The van der Waals surface area contributed by atoms with Gasteiger partial charge in [-0.05, 0) is 61.9 Å². The van der Waals surface area contributed by atoms with E-state index >= 15 is 0 Å². The molecule has 0 radical (unpaired) electrons. The lowest BCUT2D eigenvalue weighted by Gasteiger charge is -2.39. The van der Waals surface area contributed by atoms with Gasteiger partial charge in [-0.1, -0.05) is 48.0 Å². The van der Waals surface area contributed by atoms with Gasteiger partial charge in [0.05, 0.1) is 0 Å². The van der Waals surface area contributed by atoms with Crippen molar-refractivity contribution < 1.29 is 9.59 Å². The van der Waals surface area contributed by atoms with Crippen LogP contribution in [0, 0.1) is 6.92 Å². The van der Waals surface area contributed by atoms with Crippen LogP contribution in [0.4, 0.5) is 10.5 Å². The smallest absolute Gasteiger partial charge is 0.322 e. The van der Waals surface area contributed by atoms with Gasteiger partial charge in [0.15, 0.2) is 0 Å². The number of hydrogen-bond acceptors (Lipinski definition) is 3. The minimum absolute atomic E-state index is 0.0450. The average molecular weight is 501 g/mol. The summed E-state index contributed by atoms with van der Waals surface area (Å²) in [5.41, 5.74) is 3.99. The van der Waals surface area contributed by atoms with Crippen molar-refractivity contribution in [2.75, 3.05) is 25.0 Å². The molecule has 6 nitrogen and oxygen atoms in total. The highest BCUT2D eigenvalue weighted by molar-refractivity contribution is 7.16. The zero-order chi connectivity index (χ0) is 25.1. The molecular weight excluding hydrogens is 468 g/mol. The number of amides is 3. The summed E-state index contributed by atoms with van der Waals surface area (Å²) in [7, 11) is 0. The van der Waals surface area contributed by atoms with Crippen molar-refractivity contribution >= 4 is 39.2 Å². The van der Waals surface area contributed by atoms with Gasteiger partial charge in [0, 0.05) is 43.3 Å². The summed E-state index contributed by atoms with van der Waals surface area (Å²) >= 11 is 1.68. The molecule has 1 aliphatic rings. The first-order valence-electron chi connectivity index (χ1n) is 12.5. The van der Waals surface area contributed by atoms with Crippen molar-refractivity contribution in [1.29, 1.82) is 0 Å². The summed E-state index contributed by atoms with van der Waals surface area (Å²) in [5.74, 6) is 0.0450. The highest BCUT2D eigenvalue weighted by Gasteiger charge is 2.31. The number of anilines is 1. The molecule has 0 bridgehead atoms. The zero-order valence-corrected chi connectivity index (χ0v) is 21.6. The molecule has 1 N–H and O–H groups in total. The van der Waals surface area contributed by atoms with E-state index in [1.54, 1.807) is 11.3 Å². The Kier molecular flexibility index (Phi) is 7.09. The fourth-order valence-corrected chi connectivity index (χ4v) is 5.82. The van der Waals surface area contributed by atoms with Crippen LogP contribution in [0.5, 0.6) is 0 Å². The molecule has 1 unspecified atom stereocenters. The Morgan fingerprint density at radius 3 is 2.56 bits per heavy atom. The third-order valence-electron chi connectivity index (χ3n) is 6.89. The van der Waals surface area contributed by atoms with Crippen LogP contribution in [0.3, 0.4) is 0 Å². The predicted molar refractivity (Wildman–Crippen MR) is 147 cm³/mol. The largest absolute Gasteiger partial charge is 0.334 e. The first-order valence-corrected chi connectivity index (χ1v) is 13.4. The normalized spacial score (nSPS) is 15.9. The van der Waals surface area contributed by atoms with Crippen molar-refractivity contribution in [3.8, 4) is 0 Å². The molecule has 1 aliphatic heterocycles. The number of benzene rings is 2. The topological polar surface area (TPSA) is 57.6 Å². The standard InChI is InChI=1S/C29H32N4O2S/c1-21-10-12-25(13-11-21)30-29(35)32-17-16-31(20-22(32)2)27(34)26-19-24-14-18-36-28(24)33(26)15-6-9-23-7-4-3-5-8-23/h3-5,7-8,10-14,18-19,22H,6,9,15-17,20H2,1-2H3,(H,30,35). The molecule has 186 valence electrons. The molecule has 0 spiro atoms. The molecule has 7 heteroatoms. The molecule has 3 amide bonds. The number of rotatable bonds is 6. The van der Waals surface area contributed by atoms with E-state index < -0.39 is 0 Å². The fourth-order valence-electron chi connectivity index (χ4n) is 4.90. The summed E-state index contributed by atoms with van der Waals surface area (Å²) in [6.45, 7) is 6.37. The SMILES string of the molecule is Cc1ccc(NC(=O)N2CCN(C(=O)c3cc4ccsc4n3CCCc3ccccc3)CC2C)cc1. The second-order valence-electron chi connectivity index (χ2n) is 9.54. The molecule has 1 atom stereocenters. The molecule has 2 aromatic heterocycles. The van der Waals surface area contributed by atoms with Crippen LogP contribution in [0.2, 0.25) is 0 Å². The number of fused-ring (bicyclic) bond motifs is 1. The summed E-state index contributed by atoms with van der Waals surface area (Å²) in [5, 5.41) is 6.19. The van der Waals surface area contributed by atoms with Crippen LogP contribution < -0.4 is 5.32 Å². The monoisotopic (exact) mass is 500 g/mol. The van der Waals surface area contributed by atoms with E-state index in [1.807, 2.05) is 60.0 Å². The number of piperazine rings is 1. The maximum absolute atomic E-state index is 13.7. The molecule has 0 aliphatic carbocycles. The molecule has 1 fully saturated rings. The zero-order valence-electron chi connectivity index (χ0n) is 20.8. The Labute approximate surface area is 216 Å².